The Balaban J connectivity index is 3.05. The lowest BCUT2D eigenvalue weighted by Gasteiger charge is -1.98. The van der Waals surface area contributed by atoms with Gasteiger partial charge in [-0.2, -0.15) is 21.0 Å². The third-order valence-electron chi connectivity index (χ3n) is 2.62. The van der Waals surface area contributed by atoms with E-state index in [0.717, 1.165) is 0 Å². The number of nitriles is 4. The molecule has 0 spiro atoms. The highest BCUT2D eigenvalue weighted by molar-refractivity contribution is 5.87. The summed E-state index contributed by atoms with van der Waals surface area (Å²) in [5.41, 5.74) is 1.79. The summed E-state index contributed by atoms with van der Waals surface area (Å²) in [6.45, 7) is 0. The second-order valence-corrected chi connectivity index (χ2v) is 3.52. The molecular formula is C14H4N4. The molecule has 0 saturated heterocycles. The minimum atomic E-state index is 0.241. The minimum absolute atomic E-state index is 0.241. The van der Waals surface area contributed by atoms with Crippen LogP contribution in [-0.4, -0.2) is 0 Å². The maximum absolute atomic E-state index is 9.09. The van der Waals surface area contributed by atoms with Crippen LogP contribution >= 0.6 is 0 Å². The van der Waals surface area contributed by atoms with E-state index in [1.54, 1.807) is 6.07 Å². The summed E-state index contributed by atoms with van der Waals surface area (Å²) in [6, 6.07) is 13.9. The standard InChI is InChI=1S/C14H4N4/c15-5-9-2-1-3-10(6-16)14-12(8-18)4-11(7-17)13(9)14/h1-4H. The van der Waals surface area contributed by atoms with E-state index in [-0.39, 0.29) is 22.3 Å². The first-order chi connectivity index (χ1) is 8.76. The molecule has 0 aromatic rings. The summed E-state index contributed by atoms with van der Waals surface area (Å²) in [7, 11) is 0. The smallest absolute Gasteiger partial charge is 0.0999 e. The van der Waals surface area contributed by atoms with E-state index in [0.29, 0.717) is 11.1 Å². The van der Waals surface area contributed by atoms with Crippen LogP contribution in [-0.2, 0) is 0 Å². The van der Waals surface area contributed by atoms with Crippen molar-refractivity contribution < 1.29 is 0 Å². The molecule has 4 nitrogen and oxygen atoms in total. The van der Waals surface area contributed by atoms with Gasteiger partial charge in [-0.05, 0) is 18.2 Å². The molecule has 2 aliphatic carbocycles. The normalized spacial score (nSPS) is 8.89. The van der Waals surface area contributed by atoms with Crippen molar-refractivity contribution in [1.29, 1.82) is 21.0 Å². The van der Waals surface area contributed by atoms with Gasteiger partial charge in [-0.3, -0.25) is 0 Å². The molecule has 0 radical (unpaired) electrons. The van der Waals surface area contributed by atoms with Crippen LogP contribution in [0, 0.1) is 45.3 Å². The number of rotatable bonds is 0. The molecule has 0 aromatic carbocycles. The second kappa shape index (κ2) is 4.26. The van der Waals surface area contributed by atoms with Gasteiger partial charge in [0.25, 0.3) is 0 Å². The lowest BCUT2D eigenvalue weighted by atomic mass is 10.00. The summed E-state index contributed by atoms with van der Waals surface area (Å²) in [5.74, 6) is 0. The number of fused-ring (bicyclic) bond motifs is 1. The molecule has 2 aliphatic rings. The zero-order valence-corrected chi connectivity index (χ0v) is 9.10. The maximum Gasteiger partial charge on any atom is 0.0999 e. The number of nitrogens with zero attached hydrogens (tertiary/aromatic N) is 4. The van der Waals surface area contributed by atoms with Gasteiger partial charge in [0.05, 0.1) is 46.5 Å². The van der Waals surface area contributed by atoms with Crippen molar-refractivity contribution in [2.45, 2.75) is 0 Å². The Morgan fingerprint density at radius 1 is 0.611 bits per heavy atom. The predicted molar refractivity (Wildman–Crippen MR) is 61.9 cm³/mol. The molecule has 0 fully saturated rings. The lowest BCUT2D eigenvalue weighted by Crippen LogP contribution is -1.84. The van der Waals surface area contributed by atoms with Gasteiger partial charge in [0.1, 0.15) is 0 Å². The Hall–Kier alpha value is -3.34. The van der Waals surface area contributed by atoms with E-state index < -0.39 is 0 Å². The molecule has 2 rings (SSSR count). The molecule has 0 aromatic heterocycles. The van der Waals surface area contributed by atoms with Crippen LogP contribution in [0.4, 0.5) is 0 Å². The molecule has 0 N–H and O–H groups in total. The van der Waals surface area contributed by atoms with Crippen molar-refractivity contribution in [2.75, 3.05) is 0 Å². The highest BCUT2D eigenvalue weighted by atomic mass is 14.3. The zero-order valence-electron chi connectivity index (χ0n) is 9.10. The third-order valence-corrected chi connectivity index (χ3v) is 2.62. The lowest BCUT2D eigenvalue weighted by molar-refractivity contribution is 1.47. The Bertz CT molecular complexity index is 712. The summed E-state index contributed by atoms with van der Waals surface area (Å²) >= 11 is 0. The second-order valence-electron chi connectivity index (χ2n) is 3.52. The number of hydrogen-bond donors (Lipinski definition) is 0. The molecule has 4 heteroatoms. The molecule has 0 atom stereocenters. The van der Waals surface area contributed by atoms with E-state index in [4.69, 9.17) is 21.0 Å². The largest absolute Gasteiger partial charge is 0.192 e. The van der Waals surface area contributed by atoms with Crippen LogP contribution in [0.2, 0.25) is 0 Å². The third kappa shape index (κ3) is 1.43. The fourth-order valence-corrected chi connectivity index (χ4v) is 1.89. The van der Waals surface area contributed by atoms with Gasteiger partial charge in [0.2, 0.25) is 0 Å². The van der Waals surface area contributed by atoms with Crippen molar-refractivity contribution in [3.8, 4) is 35.4 Å². The van der Waals surface area contributed by atoms with Gasteiger partial charge in [0.15, 0.2) is 0 Å². The monoisotopic (exact) mass is 228 g/mol. The number of hydrogen-bond acceptors (Lipinski definition) is 4. The summed E-state index contributed by atoms with van der Waals surface area (Å²) < 4.78 is 0. The van der Waals surface area contributed by atoms with Crippen LogP contribution in [0.25, 0.3) is 11.1 Å². The zero-order chi connectivity index (χ0) is 13.1. The van der Waals surface area contributed by atoms with Gasteiger partial charge >= 0.3 is 0 Å². The first-order valence-electron chi connectivity index (χ1n) is 4.97. The molecule has 0 amide bonds. The van der Waals surface area contributed by atoms with Crippen LogP contribution in [0.3, 0.4) is 0 Å². The van der Waals surface area contributed by atoms with Crippen molar-refractivity contribution in [1.82, 2.24) is 0 Å². The predicted octanol–water partition coefficient (Wildman–Crippen LogP) is 2.28. The van der Waals surface area contributed by atoms with Crippen LogP contribution < -0.4 is 0 Å². The molecule has 0 unspecified atom stereocenters. The fourth-order valence-electron chi connectivity index (χ4n) is 1.89. The fraction of sp³-hybridized carbons (Fsp3) is 0. The molecule has 80 valence electrons. The SMILES string of the molecule is N#Cc1cccc(C#N)c2c(C#N)cc(C#N)c1-2. The molecule has 0 heterocycles. The van der Waals surface area contributed by atoms with Crippen molar-refractivity contribution in [3.05, 3.63) is 46.5 Å². The molecule has 18 heavy (non-hydrogen) atoms. The van der Waals surface area contributed by atoms with E-state index >= 15 is 0 Å². The Labute approximate surface area is 103 Å². The topological polar surface area (TPSA) is 95.2 Å². The quantitative estimate of drug-likeness (QED) is 0.690. The van der Waals surface area contributed by atoms with Crippen molar-refractivity contribution in [2.24, 2.45) is 0 Å². The van der Waals surface area contributed by atoms with E-state index in [9.17, 15) is 0 Å². The van der Waals surface area contributed by atoms with Gasteiger partial charge in [-0.25, -0.2) is 0 Å². The average Bonchev–Trinajstić information content (AvgIpc) is 2.67. The van der Waals surface area contributed by atoms with Crippen LogP contribution in [0.5, 0.6) is 0 Å². The van der Waals surface area contributed by atoms with Gasteiger partial charge in [0, 0.05) is 11.1 Å². The van der Waals surface area contributed by atoms with E-state index in [1.807, 2.05) is 24.3 Å². The van der Waals surface area contributed by atoms with E-state index in [2.05, 4.69) is 0 Å². The average molecular weight is 228 g/mol. The highest BCUT2D eigenvalue weighted by Crippen LogP contribution is 2.36. The van der Waals surface area contributed by atoms with E-state index in [1.165, 1.54) is 18.2 Å². The van der Waals surface area contributed by atoms with Gasteiger partial charge in [-0.15, -0.1) is 0 Å². The Morgan fingerprint density at radius 3 is 1.33 bits per heavy atom. The molecule has 0 saturated carbocycles. The highest BCUT2D eigenvalue weighted by Gasteiger charge is 2.21. The van der Waals surface area contributed by atoms with Crippen LogP contribution in [0.15, 0.2) is 24.3 Å². The van der Waals surface area contributed by atoms with Crippen molar-refractivity contribution in [3.63, 3.8) is 0 Å². The molecule has 0 aliphatic heterocycles. The van der Waals surface area contributed by atoms with Gasteiger partial charge in [-0.1, -0.05) is 6.07 Å². The van der Waals surface area contributed by atoms with Crippen molar-refractivity contribution >= 4 is 0 Å². The first-order valence-corrected chi connectivity index (χ1v) is 4.97. The molecule has 0 bridgehead atoms. The maximum atomic E-state index is 9.09. The van der Waals surface area contributed by atoms with Gasteiger partial charge < -0.3 is 0 Å². The minimum Gasteiger partial charge on any atom is -0.192 e. The summed E-state index contributed by atoms with van der Waals surface area (Å²) in [4.78, 5) is 0. The summed E-state index contributed by atoms with van der Waals surface area (Å²) in [5, 5.41) is 36.3. The van der Waals surface area contributed by atoms with Crippen LogP contribution in [0.1, 0.15) is 22.3 Å². The molecular weight excluding hydrogens is 224 g/mol. The summed E-state index contributed by atoms with van der Waals surface area (Å²) in [6.07, 6.45) is 0. The first kappa shape index (κ1) is 11.2. The Kier molecular flexibility index (Phi) is 2.64. The Morgan fingerprint density at radius 2 is 1.00 bits per heavy atom.